The summed E-state index contributed by atoms with van der Waals surface area (Å²) in [6.07, 6.45) is -0.578. The van der Waals surface area contributed by atoms with Gasteiger partial charge in [0.2, 0.25) is 5.83 Å². The number of nitrogens with zero attached hydrogens (tertiary/aromatic N) is 1. The van der Waals surface area contributed by atoms with Crippen LogP contribution in [0.3, 0.4) is 0 Å². The molecule has 0 saturated carbocycles. The molecule has 100 valence electrons. The van der Waals surface area contributed by atoms with Crippen LogP contribution in [0, 0.1) is 0 Å². The van der Waals surface area contributed by atoms with E-state index in [2.05, 4.69) is 0 Å². The lowest BCUT2D eigenvalue weighted by Crippen LogP contribution is -2.45. The summed E-state index contributed by atoms with van der Waals surface area (Å²) in [5.74, 6) is -2.79. The molecule has 1 aliphatic rings. The summed E-state index contributed by atoms with van der Waals surface area (Å²) in [7, 11) is 0. The van der Waals surface area contributed by atoms with Gasteiger partial charge in [0.1, 0.15) is 6.61 Å². The van der Waals surface area contributed by atoms with Crippen molar-refractivity contribution in [3.63, 3.8) is 0 Å². The average molecular weight is 265 g/mol. The van der Waals surface area contributed by atoms with Gasteiger partial charge in [-0.05, 0) is 5.56 Å². The van der Waals surface area contributed by atoms with E-state index in [1.807, 2.05) is 30.3 Å². The third kappa shape index (κ3) is 3.09. The van der Waals surface area contributed by atoms with E-state index in [4.69, 9.17) is 9.84 Å². The fourth-order valence-corrected chi connectivity index (χ4v) is 1.64. The number of carbonyl (C=O) groups excluding carboxylic acids is 1. The first-order valence-corrected chi connectivity index (χ1v) is 5.64. The van der Waals surface area contributed by atoms with Crippen molar-refractivity contribution in [2.75, 3.05) is 13.1 Å². The van der Waals surface area contributed by atoms with Crippen molar-refractivity contribution in [3.05, 3.63) is 47.3 Å². The topological polar surface area (TPSA) is 66.8 Å². The van der Waals surface area contributed by atoms with E-state index in [-0.39, 0.29) is 25.3 Å². The summed E-state index contributed by atoms with van der Waals surface area (Å²) in [6.45, 7) is 0.0636. The first-order chi connectivity index (χ1) is 9.08. The van der Waals surface area contributed by atoms with Gasteiger partial charge in [0, 0.05) is 5.57 Å². The van der Waals surface area contributed by atoms with Crippen molar-refractivity contribution in [1.82, 2.24) is 4.90 Å². The molecule has 0 atom stereocenters. The van der Waals surface area contributed by atoms with E-state index in [1.54, 1.807) is 0 Å². The normalized spacial score (nSPS) is 13.7. The summed E-state index contributed by atoms with van der Waals surface area (Å²) in [5.41, 5.74) is 0.952. The second-order valence-electron chi connectivity index (χ2n) is 4.12. The fraction of sp³-hybridized carbons (Fsp3) is 0.231. The third-order valence-corrected chi connectivity index (χ3v) is 2.72. The van der Waals surface area contributed by atoms with Gasteiger partial charge in [-0.1, -0.05) is 30.3 Å². The number of halogens is 1. The highest BCUT2D eigenvalue weighted by molar-refractivity contribution is 5.86. The molecule has 1 aromatic carbocycles. The number of amides is 1. The predicted octanol–water partition coefficient (Wildman–Crippen LogP) is 1.95. The number of benzene rings is 1. The molecule has 0 aromatic heterocycles. The molecule has 1 heterocycles. The Morgan fingerprint density at radius 3 is 2.47 bits per heavy atom. The average Bonchev–Trinajstić information content (AvgIpc) is 2.35. The van der Waals surface area contributed by atoms with Crippen LogP contribution in [0.4, 0.5) is 9.18 Å². The minimum Gasteiger partial charge on any atom is -0.476 e. The van der Waals surface area contributed by atoms with Crippen molar-refractivity contribution in [2.45, 2.75) is 6.61 Å². The molecule has 1 aliphatic heterocycles. The largest absolute Gasteiger partial charge is 0.476 e. The Bertz CT molecular complexity index is 519. The van der Waals surface area contributed by atoms with E-state index < -0.39 is 17.9 Å². The SMILES string of the molecule is O=C(O)C(F)=C1CN(C(=O)OCc2ccccc2)C1. The maximum absolute atomic E-state index is 13.0. The first kappa shape index (κ1) is 13.1. The van der Waals surface area contributed by atoms with Crippen LogP contribution in [0.1, 0.15) is 5.56 Å². The lowest BCUT2D eigenvalue weighted by atomic mass is 10.1. The smallest absolute Gasteiger partial charge is 0.410 e. The molecule has 1 saturated heterocycles. The van der Waals surface area contributed by atoms with E-state index in [1.165, 1.54) is 4.90 Å². The predicted molar refractivity (Wildman–Crippen MR) is 64.0 cm³/mol. The van der Waals surface area contributed by atoms with Gasteiger partial charge in [-0.25, -0.2) is 9.59 Å². The molecule has 1 aromatic rings. The van der Waals surface area contributed by atoms with Gasteiger partial charge in [0.25, 0.3) is 0 Å². The maximum atomic E-state index is 13.0. The Labute approximate surface area is 108 Å². The molecule has 1 amide bonds. The van der Waals surface area contributed by atoms with Crippen LogP contribution in [-0.2, 0) is 16.1 Å². The van der Waals surface area contributed by atoms with Crippen LogP contribution < -0.4 is 0 Å². The van der Waals surface area contributed by atoms with Gasteiger partial charge < -0.3 is 9.84 Å². The Morgan fingerprint density at radius 2 is 1.89 bits per heavy atom. The van der Waals surface area contributed by atoms with Crippen LogP contribution >= 0.6 is 0 Å². The monoisotopic (exact) mass is 265 g/mol. The number of rotatable bonds is 3. The summed E-state index contributed by atoms with van der Waals surface area (Å²) >= 11 is 0. The van der Waals surface area contributed by atoms with Crippen molar-refractivity contribution in [1.29, 1.82) is 0 Å². The summed E-state index contributed by atoms with van der Waals surface area (Å²) in [6, 6.07) is 9.15. The molecule has 5 nitrogen and oxygen atoms in total. The molecular formula is C13H12FNO4. The van der Waals surface area contributed by atoms with Crippen molar-refractivity contribution in [3.8, 4) is 0 Å². The van der Waals surface area contributed by atoms with Gasteiger partial charge in [0.15, 0.2) is 0 Å². The number of carbonyl (C=O) groups is 2. The number of ether oxygens (including phenoxy) is 1. The lowest BCUT2D eigenvalue weighted by Gasteiger charge is -2.32. The molecule has 0 bridgehead atoms. The third-order valence-electron chi connectivity index (χ3n) is 2.72. The summed E-state index contributed by atoms with van der Waals surface area (Å²) in [4.78, 5) is 23.1. The van der Waals surface area contributed by atoms with Crippen LogP contribution in [0.2, 0.25) is 0 Å². The Balaban J connectivity index is 1.81. The van der Waals surface area contributed by atoms with E-state index in [9.17, 15) is 14.0 Å². The molecule has 0 radical (unpaired) electrons. The molecule has 1 N–H and O–H groups in total. The molecule has 19 heavy (non-hydrogen) atoms. The highest BCUT2D eigenvalue weighted by atomic mass is 19.1. The molecule has 1 fully saturated rings. The lowest BCUT2D eigenvalue weighted by molar-refractivity contribution is -0.134. The quantitative estimate of drug-likeness (QED) is 0.848. The Kier molecular flexibility index (Phi) is 3.79. The summed E-state index contributed by atoms with van der Waals surface area (Å²) in [5, 5.41) is 8.43. The van der Waals surface area contributed by atoms with Crippen LogP contribution in [0.25, 0.3) is 0 Å². The molecule has 0 spiro atoms. The zero-order valence-electron chi connectivity index (χ0n) is 10.0. The number of hydrogen-bond donors (Lipinski definition) is 1. The molecule has 2 rings (SSSR count). The Hall–Kier alpha value is -2.37. The van der Waals surface area contributed by atoms with Crippen LogP contribution in [0.15, 0.2) is 41.7 Å². The second-order valence-corrected chi connectivity index (χ2v) is 4.12. The van der Waals surface area contributed by atoms with Gasteiger partial charge >= 0.3 is 12.1 Å². The van der Waals surface area contributed by atoms with Crippen molar-refractivity contribution < 1.29 is 23.8 Å². The zero-order valence-corrected chi connectivity index (χ0v) is 10.0. The first-order valence-electron chi connectivity index (χ1n) is 5.64. The van der Waals surface area contributed by atoms with Crippen molar-refractivity contribution in [2.24, 2.45) is 0 Å². The highest BCUT2D eigenvalue weighted by Crippen LogP contribution is 2.20. The van der Waals surface area contributed by atoms with Gasteiger partial charge in [-0.2, -0.15) is 4.39 Å². The molecule has 0 unspecified atom stereocenters. The van der Waals surface area contributed by atoms with E-state index >= 15 is 0 Å². The fourth-order valence-electron chi connectivity index (χ4n) is 1.64. The van der Waals surface area contributed by atoms with E-state index in [0.29, 0.717) is 0 Å². The molecular weight excluding hydrogens is 253 g/mol. The van der Waals surface area contributed by atoms with Gasteiger partial charge in [0.05, 0.1) is 13.1 Å². The van der Waals surface area contributed by atoms with Crippen LogP contribution in [-0.4, -0.2) is 35.2 Å². The number of aliphatic carboxylic acids is 1. The van der Waals surface area contributed by atoms with Crippen LogP contribution in [0.5, 0.6) is 0 Å². The zero-order chi connectivity index (χ0) is 13.8. The molecule has 0 aliphatic carbocycles. The molecule has 6 heteroatoms. The maximum Gasteiger partial charge on any atom is 0.410 e. The number of carboxylic acid groups (broad SMARTS) is 1. The number of likely N-dealkylation sites (tertiary alicyclic amines) is 1. The minimum atomic E-state index is -1.60. The second kappa shape index (κ2) is 5.51. The standard InChI is InChI=1S/C13H12FNO4/c14-11(12(16)17)10-6-15(7-10)13(18)19-8-9-4-2-1-3-5-9/h1-5H,6-8H2,(H,16,17). The number of carboxylic acids is 1. The minimum absolute atomic E-state index is 0.0360. The van der Waals surface area contributed by atoms with Crippen molar-refractivity contribution >= 4 is 12.1 Å². The van der Waals surface area contributed by atoms with Gasteiger partial charge in [-0.15, -0.1) is 0 Å². The van der Waals surface area contributed by atoms with E-state index in [0.717, 1.165) is 5.56 Å². The van der Waals surface area contributed by atoms with Gasteiger partial charge in [-0.3, -0.25) is 4.90 Å². The Morgan fingerprint density at radius 1 is 1.26 bits per heavy atom. The highest BCUT2D eigenvalue weighted by Gasteiger charge is 2.31. The number of hydrogen-bond acceptors (Lipinski definition) is 3. The summed E-state index contributed by atoms with van der Waals surface area (Å²) < 4.78 is 18.0.